The zero-order valence-electron chi connectivity index (χ0n) is 17.3. The molecule has 1 aliphatic heterocycles. The second-order valence-electron chi connectivity index (χ2n) is 7.75. The van der Waals surface area contributed by atoms with E-state index in [4.69, 9.17) is 4.74 Å². The van der Waals surface area contributed by atoms with Gasteiger partial charge in [0.1, 0.15) is 11.7 Å². The van der Waals surface area contributed by atoms with Crippen molar-refractivity contribution in [2.24, 2.45) is 10.9 Å². The highest BCUT2D eigenvalue weighted by Gasteiger charge is 2.44. The summed E-state index contributed by atoms with van der Waals surface area (Å²) in [5, 5.41) is 1.96. The molecule has 0 N–H and O–H groups in total. The van der Waals surface area contributed by atoms with E-state index < -0.39 is 24.2 Å². The lowest BCUT2D eigenvalue weighted by Crippen LogP contribution is -2.37. The van der Waals surface area contributed by atoms with Gasteiger partial charge in [0.05, 0.1) is 7.11 Å². The van der Waals surface area contributed by atoms with E-state index in [1.54, 1.807) is 18.3 Å². The molecule has 1 aromatic carbocycles. The number of ether oxygens (including phenoxy) is 2. The van der Waals surface area contributed by atoms with Crippen molar-refractivity contribution >= 4 is 28.8 Å². The number of carbonyl (C=O) groups is 2. The fourth-order valence-corrected chi connectivity index (χ4v) is 5.28. The zero-order valence-corrected chi connectivity index (χ0v) is 18.1. The van der Waals surface area contributed by atoms with Gasteiger partial charge in [-0.15, -0.1) is 24.5 Å². The minimum Gasteiger partial charge on any atom is -0.468 e. The third kappa shape index (κ3) is 4.34. The summed E-state index contributed by atoms with van der Waals surface area (Å²) in [5.74, 6) is -2.56. The minimum atomic E-state index is -4.81. The number of methoxy groups -OCH3 is 1. The number of halogens is 3. The summed E-state index contributed by atoms with van der Waals surface area (Å²) in [6.45, 7) is 1.71. The van der Waals surface area contributed by atoms with Gasteiger partial charge in [-0.2, -0.15) is 0 Å². The molecule has 0 spiro atoms. The van der Waals surface area contributed by atoms with Crippen molar-refractivity contribution < 1.29 is 32.2 Å². The van der Waals surface area contributed by atoms with Gasteiger partial charge in [0, 0.05) is 40.1 Å². The largest absolute Gasteiger partial charge is 0.573 e. The maximum absolute atomic E-state index is 13.3. The van der Waals surface area contributed by atoms with Crippen molar-refractivity contribution in [1.29, 1.82) is 0 Å². The van der Waals surface area contributed by atoms with Gasteiger partial charge in [-0.25, -0.2) is 0 Å². The molecule has 1 aliphatic carbocycles. The van der Waals surface area contributed by atoms with Gasteiger partial charge >= 0.3 is 12.3 Å². The van der Waals surface area contributed by atoms with E-state index in [1.807, 2.05) is 17.5 Å². The van der Waals surface area contributed by atoms with E-state index in [9.17, 15) is 22.8 Å². The first-order valence-electron chi connectivity index (χ1n) is 9.96. The number of alkyl halides is 3. The Morgan fingerprint density at radius 2 is 1.88 bits per heavy atom. The summed E-state index contributed by atoms with van der Waals surface area (Å²) in [6, 6.07) is 9.18. The quantitative estimate of drug-likeness (QED) is 0.570. The Hall–Kier alpha value is -2.94. The molecule has 0 radical (unpaired) electrons. The predicted octanol–water partition coefficient (Wildman–Crippen LogP) is 5.39. The van der Waals surface area contributed by atoms with Crippen molar-refractivity contribution in [1.82, 2.24) is 0 Å². The Kier molecular flexibility index (Phi) is 5.94. The van der Waals surface area contributed by atoms with E-state index in [2.05, 4.69) is 9.73 Å². The Morgan fingerprint density at radius 1 is 1.16 bits per heavy atom. The SMILES string of the molecule is COC(=O)C1C(C)=NC2=C(C(=O)CC(c3cccs3)C2)C1c1ccc(OC(F)(F)F)cc1. The number of rotatable bonds is 4. The summed E-state index contributed by atoms with van der Waals surface area (Å²) in [5.41, 5.74) is 2.09. The van der Waals surface area contributed by atoms with Crippen molar-refractivity contribution in [3.8, 4) is 5.75 Å². The molecule has 2 aromatic rings. The number of thiophene rings is 1. The van der Waals surface area contributed by atoms with Crippen LogP contribution in [-0.4, -0.2) is 30.9 Å². The number of Topliss-reactive ketones (excluding diaryl/α,β-unsaturated/α-hetero) is 1. The third-order valence-corrected chi connectivity index (χ3v) is 6.80. The number of benzene rings is 1. The molecule has 0 saturated heterocycles. The van der Waals surface area contributed by atoms with E-state index in [0.29, 0.717) is 29.0 Å². The smallest absolute Gasteiger partial charge is 0.468 e. The molecule has 2 aliphatic rings. The second-order valence-corrected chi connectivity index (χ2v) is 8.73. The van der Waals surface area contributed by atoms with Gasteiger partial charge in [0.25, 0.3) is 0 Å². The van der Waals surface area contributed by atoms with Crippen LogP contribution < -0.4 is 4.74 Å². The summed E-state index contributed by atoms with van der Waals surface area (Å²) >= 11 is 1.58. The molecule has 0 fully saturated rings. The van der Waals surface area contributed by atoms with Crippen LogP contribution in [0.25, 0.3) is 0 Å². The van der Waals surface area contributed by atoms with E-state index in [-0.39, 0.29) is 23.9 Å². The summed E-state index contributed by atoms with van der Waals surface area (Å²) in [7, 11) is 1.26. The molecule has 32 heavy (non-hydrogen) atoms. The van der Waals surface area contributed by atoms with E-state index in [1.165, 1.54) is 31.4 Å². The van der Waals surface area contributed by atoms with Crippen LogP contribution in [0.1, 0.15) is 42.0 Å². The van der Waals surface area contributed by atoms with Crippen LogP contribution in [0.15, 0.2) is 58.0 Å². The lowest BCUT2D eigenvalue weighted by atomic mass is 9.70. The van der Waals surface area contributed by atoms with Gasteiger partial charge in [-0.3, -0.25) is 14.6 Å². The molecule has 3 unspecified atom stereocenters. The average molecular weight is 463 g/mol. The third-order valence-electron chi connectivity index (χ3n) is 5.76. The van der Waals surface area contributed by atoms with Crippen LogP contribution in [0, 0.1) is 5.92 Å². The molecule has 0 bridgehead atoms. The molecule has 9 heteroatoms. The highest BCUT2D eigenvalue weighted by Crippen LogP contribution is 2.47. The molecular weight excluding hydrogens is 443 g/mol. The van der Waals surface area contributed by atoms with Crippen molar-refractivity contribution in [3.63, 3.8) is 0 Å². The van der Waals surface area contributed by atoms with Crippen LogP contribution in [0.3, 0.4) is 0 Å². The number of allylic oxidation sites excluding steroid dienone is 2. The molecule has 0 saturated carbocycles. The first-order chi connectivity index (χ1) is 15.2. The molecule has 3 atom stereocenters. The van der Waals surface area contributed by atoms with Crippen LogP contribution >= 0.6 is 11.3 Å². The molecule has 0 amide bonds. The van der Waals surface area contributed by atoms with Crippen LogP contribution in [0.2, 0.25) is 0 Å². The van der Waals surface area contributed by atoms with Gasteiger partial charge < -0.3 is 9.47 Å². The lowest BCUT2D eigenvalue weighted by Gasteiger charge is -2.36. The fourth-order valence-electron chi connectivity index (χ4n) is 4.45. The monoisotopic (exact) mass is 463 g/mol. The van der Waals surface area contributed by atoms with E-state index >= 15 is 0 Å². The summed E-state index contributed by atoms with van der Waals surface area (Å²) in [4.78, 5) is 31.6. The van der Waals surface area contributed by atoms with Crippen LogP contribution in [0.5, 0.6) is 5.75 Å². The number of carbonyl (C=O) groups excluding carboxylic acids is 2. The Bertz CT molecular complexity index is 1090. The maximum Gasteiger partial charge on any atom is 0.573 e. The average Bonchev–Trinajstić information content (AvgIpc) is 3.26. The number of hydrogen-bond donors (Lipinski definition) is 0. The molecule has 1 aromatic heterocycles. The molecule has 168 valence electrons. The maximum atomic E-state index is 13.3. The number of ketones is 1. The van der Waals surface area contributed by atoms with Crippen LogP contribution in [0.4, 0.5) is 13.2 Å². The van der Waals surface area contributed by atoms with Gasteiger partial charge in [0.2, 0.25) is 0 Å². The van der Waals surface area contributed by atoms with Crippen molar-refractivity contribution in [3.05, 3.63) is 63.5 Å². The fraction of sp³-hybridized carbons (Fsp3) is 0.348. The Morgan fingerprint density at radius 3 is 2.47 bits per heavy atom. The number of hydrogen-bond acceptors (Lipinski definition) is 6. The predicted molar refractivity (Wildman–Crippen MR) is 113 cm³/mol. The first kappa shape index (κ1) is 22.3. The normalized spacial score (nSPS) is 23.5. The van der Waals surface area contributed by atoms with Crippen molar-refractivity contribution in [2.75, 3.05) is 7.11 Å². The van der Waals surface area contributed by atoms with E-state index in [0.717, 1.165) is 4.88 Å². The Labute approximate surface area is 186 Å². The topological polar surface area (TPSA) is 65.0 Å². The minimum absolute atomic E-state index is 0.00990. The number of nitrogens with zero attached hydrogens (tertiary/aromatic N) is 1. The lowest BCUT2D eigenvalue weighted by molar-refractivity contribution is -0.274. The number of aliphatic imine (C=N–C) groups is 1. The Balaban J connectivity index is 1.76. The standard InChI is InChI=1S/C23H20F3NO4S/c1-12-19(22(29)30-2)20(13-5-7-15(8-6-13)31-23(24,25)26)21-16(27-12)10-14(11-17(21)28)18-4-3-9-32-18/h3-9,14,19-20H,10-11H2,1-2H3. The summed E-state index contributed by atoms with van der Waals surface area (Å²) in [6.07, 6.45) is -3.97. The zero-order chi connectivity index (χ0) is 23.0. The highest BCUT2D eigenvalue weighted by atomic mass is 32.1. The molecule has 5 nitrogen and oxygen atoms in total. The van der Waals surface area contributed by atoms with Gasteiger partial charge in [0.15, 0.2) is 5.78 Å². The van der Waals surface area contributed by atoms with Gasteiger partial charge in [-0.1, -0.05) is 18.2 Å². The van der Waals surface area contributed by atoms with Crippen LogP contribution in [-0.2, 0) is 14.3 Å². The molecule has 2 heterocycles. The van der Waals surface area contributed by atoms with Crippen molar-refractivity contribution in [2.45, 2.75) is 38.0 Å². The van der Waals surface area contributed by atoms with Gasteiger partial charge in [-0.05, 0) is 42.5 Å². The number of esters is 1. The molecule has 4 rings (SSSR count). The first-order valence-corrected chi connectivity index (χ1v) is 10.8. The molecular formula is C23H20F3NO4S. The summed E-state index contributed by atoms with van der Waals surface area (Å²) < 4.78 is 46.5. The highest BCUT2D eigenvalue weighted by molar-refractivity contribution is 7.10. The second kappa shape index (κ2) is 8.54.